The van der Waals surface area contributed by atoms with E-state index >= 15 is 0 Å². The summed E-state index contributed by atoms with van der Waals surface area (Å²) in [6.07, 6.45) is 1.51. The Morgan fingerprint density at radius 1 is 1.17 bits per heavy atom. The second-order valence-electron chi connectivity index (χ2n) is 4.90. The summed E-state index contributed by atoms with van der Waals surface area (Å²) in [4.78, 5) is 4.24. The molecule has 3 rings (SSSR count). The van der Waals surface area contributed by atoms with Crippen molar-refractivity contribution in [2.75, 3.05) is 5.73 Å². The highest BCUT2D eigenvalue weighted by molar-refractivity contribution is 6.58. The molecule has 112 valence electrons. The summed E-state index contributed by atoms with van der Waals surface area (Å²) in [5.41, 5.74) is 8.18. The van der Waals surface area contributed by atoms with Gasteiger partial charge >= 0.3 is 7.12 Å². The second kappa shape index (κ2) is 5.97. The number of rotatable bonds is 3. The first-order valence-electron chi connectivity index (χ1n) is 6.81. The van der Waals surface area contributed by atoms with Gasteiger partial charge in [0, 0.05) is 5.56 Å². The van der Waals surface area contributed by atoms with E-state index in [-0.39, 0.29) is 11.4 Å². The van der Waals surface area contributed by atoms with Crippen molar-refractivity contribution in [3.05, 3.63) is 54.3 Å². The maximum atomic E-state index is 9.30. The number of pyridine rings is 1. The number of nitrogens with two attached hydrogens (primary N) is 1. The summed E-state index contributed by atoms with van der Waals surface area (Å²) in [7, 11) is -1.57. The number of nitriles is 1. The van der Waals surface area contributed by atoms with Crippen molar-refractivity contribution in [2.24, 2.45) is 0 Å². The summed E-state index contributed by atoms with van der Waals surface area (Å²) < 4.78 is 5.36. The van der Waals surface area contributed by atoms with E-state index in [1.54, 1.807) is 42.5 Å². The topological polar surface area (TPSA) is 116 Å². The molecule has 0 saturated carbocycles. The highest BCUT2D eigenvalue weighted by Crippen LogP contribution is 2.31. The Hall–Kier alpha value is -3.08. The first-order valence-corrected chi connectivity index (χ1v) is 6.81. The Morgan fingerprint density at radius 3 is 2.65 bits per heavy atom. The molecular formula is C16H12BN3O3. The van der Waals surface area contributed by atoms with E-state index in [4.69, 9.17) is 10.2 Å². The summed E-state index contributed by atoms with van der Waals surface area (Å²) in [5, 5.41) is 27.9. The lowest BCUT2D eigenvalue weighted by Gasteiger charge is -2.09. The fourth-order valence-corrected chi connectivity index (χ4v) is 2.31. The van der Waals surface area contributed by atoms with Gasteiger partial charge in [0.25, 0.3) is 0 Å². The zero-order valence-corrected chi connectivity index (χ0v) is 12.0. The van der Waals surface area contributed by atoms with Crippen molar-refractivity contribution in [1.82, 2.24) is 4.98 Å². The van der Waals surface area contributed by atoms with E-state index in [1.807, 2.05) is 6.07 Å². The summed E-state index contributed by atoms with van der Waals surface area (Å²) in [6, 6.07) is 13.8. The number of hydrogen-bond donors (Lipinski definition) is 3. The Labute approximate surface area is 132 Å². The van der Waals surface area contributed by atoms with Gasteiger partial charge in [0.15, 0.2) is 0 Å². The van der Waals surface area contributed by atoms with Gasteiger partial charge in [-0.2, -0.15) is 5.26 Å². The van der Waals surface area contributed by atoms with Crippen molar-refractivity contribution in [2.45, 2.75) is 0 Å². The Balaban J connectivity index is 2.19. The number of furan rings is 1. The van der Waals surface area contributed by atoms with E-state index < -0.39 is 7.12 Å². The molecule has 0 aliphatic heterocycles. The molecule has 0 radical (unpaired) electrons. The zero-order valence-electron chi connectivity index (χ0n) is 12.0. The lowest BCUT2D eigenvalue weighted by Crippen LogP contribution is -2.29. The molecule has 0 spiro atoms. The molecule has 0 amide bonds. The minimum atomic E-state index is -1.57. The third-order valence-corrected chi connectivity index (χ3v) is 3.43. The van der Waals surface area contributed by atoms with E-state index in [9.17, 15) is 15.3 Å². The first-order chi connectivity index (χ1) is 11.1. The standard InChI is InChI=1S/C16H12BN3O3/c18-9-13-12(15-5-2-6-23-15)8-14(20-16(13)19)10-3-1-4-11(7-10)17(21)22/h1-8,21-22H,(H2,19,20). The summed E-state index contributed by atoms with van der Waals surface area (Å²) >= 11 is 0. The van der Waals surface area contributed by atoms with Crippen LogP contribution in [0.3, 0.4) is 0 Å². The molecule has 3 aromatic rings. The van der Waals surface area contributed by atoms with Crippen molar-refractivity contribution in [3.8, 4) is 28.7 Å². The van der Waals surface area contributed by atoms with E-state index in [1.165, 1.54) is 6.26 Å². The predicted octanol–water partition coefficient (Wildman–Crippen LogP) is 1.14. The van der Waals surface area contributed by atoms with Crippen molar-refractivity contribution >= 4 is 18.4 Å². The van der Waals surface area contributed by atoms with Crippen LogP contribution in [0.1, 0.15) is 5.56 Å². The highest BCUT2D eigenvalue weighted by Gasteiger charge is 2.16. The molecule has 4 N–H and O–H groups in total. The quantitative estimate of drug-likeness (QED) is 0.625. The van der Waals surface area contributed by atoms with Gasteiger partial charge in [-0.1, -0.05) is 24.3 Å². The van der Waals surface area contributed by atoms with Gasteiger partial charge in [-0.3, -0.25) is 0 Å². The molecule has 1 aromatic carbocycles. The van der Waals surface area contributed by atoms with Gasteiger partial charge in [0.2, 0.25) is 0 Å². The monoisotopic (exact) mass is 305 g/mol. The smallest absolute Gasteiger partial charge is 0.464 e. The van der Waals surface area contributed by atoms with Gasteiger partial charge in [-0.15, -0.1) is 0 Å². The lowest BCUT2D eigenvalue weighted by molar-refractivity contribution is 0.426. The van der Waals surface area contributed by atoms with Crippen LogP contribution in [-0.2, 0) is 0 Å². The molecule has 2 aromatic heterocycles. The minimum Gasteiger partial charge on any atom is -0.464 e. The van der Waals surface area contributed by atoms with Crippen LogP contribution in [-0.4, -0.2) is 22.2 Å². The Morgan fingerprint density at radius 2 is 2.00 bits per heavy atom. The van der Waals surface area contributed by atoms with Crippen LogP contribution in [0.5, 0.6) is 0 Å². The van der Waals surface area contributed by atoms with Crippen molar-refractivity contribution < 1.29 is 14.5 Å². The largest absolute Gasteiger partial charge is 0.488 e. The molecule has 6 nitrogen and oxygen atoms in total. The van der Waals surface area contributed by atoms with Gasteiger partial charge < -0.3 is 20.2 Å². The highest BCUT2D eigenvalue weighted by atomic mass is 16.4. The van der Waals surface area contributed by atoms with Gasteiger partial charge in [-0.25, -0.2) is 4.98 Å². The minimum absolute atomic E-state index is 0.0892. The molecule has 0 bridgehead atoms. The maximum absolute atomic E-state index is 9.30. The third-order valence-electron chi connectivity index (χ3n) is 3.43. The average Bonchev–Trinajstić information content (AvgIpc) is 3.08. The molecule has 0 aliphatic carbocycles. The van der Waals surface area contributed by atoms with E-state index in [2.05, 4.69) is 4.98 Å². The van der Waals surface area contributed by atoms with Crippen LogP contribution in [0.2, 0.25) is 0 Å². The number of benzene rings is 1. The number of nitrogen functional groups attached to an aromatic ring is 1. The number of hydrogen-bond acceptors (Lipinski definition) is 6. The fourth-order valence-electron chi connectivity index (χ4n) is 2.31. The van der Waals surface area contributed by atoms with Gasteiger partial charge in [-0.05, 0) is 29.2 Å². The fraction of sp³-hybridized carbons (Fsp3) is 0. The SMILES string of the molecule is N#Cc1c(-c2ccco2)cc(-c2cccc(B(O)O)c2)nc1N. The van der Waals surface area contributed by atoms with Crippen LogP contribution in [0.15, 0.2) is 53.1 Å². The number of nitrogens with zero attached hydrogens (tertiary/aromatic N) is 2. The van der Waals surface area contributed by atoms with Crippen LogP contribution >= 0.6 is 0 Å². The lowest BCUT2D eigenvalue weighted by atomic mass is 9.79. The average molecular weight is 305 g/mol. The molecule has 7 heteroatoms. The predicted molar refractivity (Wildman–Crippen MR) is 86.3 cm³/mol. The Kier molecular flexibility index (Phi) is 3.85. The van der Waals surface area contributed by atoms with Gasteiger partial charge in [0.1, 0.15) is 23.2 Å². The van der Waals surface area contributed by atoms with Crippen LogP contribution < -0.4 is 11.2 Å². The van der Waals surface area contributed by atoms with E-state index in [0.29, 0.717) is 28.0 Å². The first kappa shape index (κ1) is 14.8. The summed E-state index contributed by atoms with van der Waals surface area (Å²) in [5.74, 6) is 0.599. The molecule has 0 saturated heterocycles. The van der Waals surface area contributed by atoms with Crippen molar-refractivity contribution in [3.63, 3.8) is 0 Å². The molecule has 0 fully saturated rings. The molecule has 2 heterocycles. The van der Waals surface area contributed by atoms with Crippen LogP contribution in [0, 0.1) is 11.3 Å². The van der Waals surface area contributed by atoms with E-state index in [0.717, 1.165) is 0 Å². The molecule has 0 atom stereocenters. The number of aromatic nitrogens is 1. The molecule has 23 heavy (non-hydrogen) atoms. The maximum Gasteiger partial charge on any atom is 0.488 e. The normalized spacial score (nSPS) is 10.3. The molecule has 0 aliphatic rings. The number of anilines is 1. The van der Waals surface area contributed by atoms with Crippen LogP contribution in [0.4, 0.5) is 5.82 Å². The Bertz CT molecular complexity index is 886. The summed E-state index contributed by atoms with van der Waals surface area (Å²) in [6.45, 7) is 0. The third kappa shape index (κ3) is 2.81. The zero-order chi connectivity index (χ0) is 16.4. The molecule has 0 unspecified atom stereocenters. The van der Waals surface area contributed by atoms with Crippen molar-refractivity contribution in [1.29, 1.82) is 5.26 Å². The molecular weight excluding hydrogens is 293 g/mol. The van der Waals surface area contributed by atoms with Crippen LogP contribution in [0.25, 0.3) is 22.6 Å². The second-order valence-corrected chi connectivity index (χ2v) is 4.90. The van der Waals surface area contributed by atoms with Gasteiger partial charge in [0.05, 0.1) is 12.0 Å².